The number of hydrogen-bond acceptors (Lipinski definition) is 6. The van der Waals surface area contributed by atoms with Crippen LogP contribution in [0.15, 0.2) is 0 Å². The van der Waals surface area contributed by atoms with Crippen LogP contribution in [-0.2, 0) is 22.5 Å². The van der Waals surface area contributed by atoms with Gasteiger partial charge in [0.15, 0.2) is 5.13 Å². The molecule has 1 saturated heterocycles. The summed E-state index contributed by atoms with van der Waals surface area (Å²) in [6.45, 7) is 6.01. The second-order valence-corrected chi connectivity index (χ2v) is 7.61. The average molecular weight is 352 g/mol. The summed E-state index contributed by atoms with van der Waals surface area (Å²) in [7, 11) is 1.33. The lowest BCUT2D eigenvalue weighted by Crippen LogP contribution is -2.44. The summed E-state index contributed by atoms with van der Waals surface area (Å²) >= 11 is 1.46. The number of likely N-dealkylation sites (tertiary alicyclic amines) is 1. The van der Waals surface area contributed by atoms with Crippen molar-refractivity contribution in [3.63, 3.8) is 0 Å². The van der Waals surface area contributed by atoms with E-state index in [0.29, 0.717) is 18.2 Å². The predicted octanol–water partition coefficient (Wildman–Crippen LogP) is 1.94. The molecular weight excluding hydrogens is 328 g/mol. The number of ether oxygens (including phenoxy) is 1. The fourth-order valence-electron chi connectivity index (χ4n) is 3.12. The molecule has 132 valence electrons. The molecule has 2 aliphatic heterocycles. The molecule has 8 heteroatoms. The molecule has 0 radical (unpaired) electrons. The average Bonchev–Trinajstić information content (AvgIpc) is 2.96. The van der Waals surface area contributed by atoms with E-state index in [-0.39, 0.29) is 5.91 Å². The van der Waals surface area contributed by atoms with Gasteiger partial charge in [-0.25, -0.2) is 9.78 Å². The van der Waals surface area contributed by atoms with Crippen molar-refractivity contribution in [2.45, 2.75) is 32.7 Å². The van der Waals surface area contributed by atoms with Gasteiger partial charge in [0.25, 0.3) is 0 Å². The lowest BCUT2D eigenvalue weighted by molar-refractivity contribution is -0.133. The Morgan fingerprint density at radius 2 is 2.08 bits per heavy atom. The first-order valence-corrected chi connectivity index (χ1v) is 9.20. The zero-order valence-electron chi connectivity index (χ0n) is 14.2. The molecule has 0 atom stereocenters. The second-order valence-electron chi connectivity index (χ2n) is 6.53. The SMILES string of the molecule is COC(=O)Nc1nc2c(s1)CN(CC(=O)N1CCC(C)CC1)CC2. The molecule has 0 aromatic carbocycles. The molecule has 1 aromatic rings. The third-order valence-electron chi connectivity index (χ3n) is 4.70. The van der Waals surface area contributed by atoms with Gasteiger partial charge in [-0.15, -0.1) is 0 Å². The van der Waals surface area contributed by atoms with E-state index < -0.39 is 6.09 Å². The van der Waals surface area contributed by atoms with E-state index >= 15 is 0 Å². The van der Waals surface area contributed by atoms with Crippen molar-refractivity contribution >= 4 is 28.5 Å². The molecule has 7 nitrogen and oxygen atoms in total. The molecule has 0 bridgehead atoms. The summed E-state index contributed by atoms with van der Waals surface area (Å²) in [5, 5.41) is 3.17. The number of aromatic nitrogens is 1. The highest BCUT2D eigenvalue weighted by atomic mass is 32.1. The van der Waals surface area contributed by atoms with Crippen LogP contribution in [0.3, 0.4) is 0 Å². The van der Waals surface area contributed by atoms with E-state index in [0.717, 1.165) is 55.4 Å². The quantitative estimate of drug-likeness (QED) is 0.900. The third-order valence-corrected chi connectivity index (χ3v) is 5.70. The molecule has 1 fully saturated rings. The highest BCUT2D eigenvalue weighted by Crippen LogP contribution is 2.28. The first-order valence-electron chi connectivity index (χ1n) is 8.39. The summed E-state index contributed by atoms with van der Waals surface area (Å²) in [4.78, 5) is 33.5. The van der Waals surface area contributed by atoms with Gasteiger partial charge in [0, 0.05) is 37.5 Å². The Bertz CT molecular complexity index is 610. The van der Waals surface area contributed by atoms with E-state index in [9.17, 15) is 9.59 Å². The minimum absolute atomic E-state index is 0.225. The van der Waals surface area contributed by atoms with Gasteiger partial charge in [0.1, 0.15) is 0 Å². The van der Waals surface area contributed by atoms with Crippen molar-refractivity contribution in [1.82, 2.24) is 14.8 Å². The van der Waals surface area contributed by atoms with Gasteiger partial charge in [-0.3, -0.25) is 15.0 Å². The number of anilines is 1. The molecule has 0 saturated carbocycles. The molecule has 2 aliphatic rings. The number of thiazole rings is 1. The molecule has 2 amide bonds. The molecule has 3 heterocycles. The maximum absolute atomic E-state index is 12.5. The number of carbonyl (C=O) groups excluding carboxylic acids is 2. The predicted molar refractivity (Wildman–Crippen MR) is 92.1 cm³/mol. The topological polar surface area (TPSA) is 74.8 Å². The summed E-state index contributed by atoms with van der Waals surface area (Å²) in [5.41, 5.74) is 1.02. The Labute approximate surface area is 146 Å². The molecule has 1 aromatic heterocycles. The number of fused-ring (bicyclic) bond motifs is 1. The van der Waals surface area contributed by atoms with Gasteiger partial charge in [-0.2, -0.15) is 0 Å². The molecule has 0 aliphatic carbocycles. The molecule has 24 heavy (non-hydrogen) atoms. The van der Waals surface area contributed by atoms with Crippen LogP contribution in [-0.4, -0.2) is 60.1 Å². The Kier molecular flexibility index (Phi) is 5.35. The summed E-state index contributed by atoms with van der Waals surface area (Å²) in [5.74, 6) is 0.951. The molecule has 0 unspecified atom stereocenters. The standard InChI is InChI=1S/C16H24N4O3S/c1-11-3-7-20(8-4-11)14(21)10-19-6-5-12-13(9-19)24-15(17-12)18-16(22)23-2/h11H,3-10H2,1-2H3,(H,17,18,22). The monoisotopic (exact) mass is 352 g/mol. The number of methoxy groups -OCH3 is 1. The number of nitrogens with one attached hydrogen (secondary N) is 1. The van der Waals surface area contributed by atoms with Crippen molar-refractivity contribution in [3.8, 4) is 0 Å². The van der Waals surface area contributed by atoms with Crippen LogP contribution in [0.25, 0.3) is 0 Å². The zero-order valence-corrected chi connectivity index (χ0v) is 15.0. The maximum Gasteiger partial charge on any atom is 0.413 e. The minimum atomic E-state index is -0.507. The second kappa shape index (κ2) is 7.48. The van der Waals surface area contributed by atoms with Gasteiger partial charge >= 0.3 is 6.09 Å². The number of rotatable bonds is 3. The van der Waals surface area contributed by atoms with Crippen LogP contribution < -0.4 is 5.32 Å². The minimum Gasteiger partial charge on any atom is -0.453 e. The van der Waals surface area contributed by atoms with Crippen molar-refractivity contribution < 1.29 is 14.3 Å². The fraction of sp³-hybridized carbons (Fsp3) is 0.688. The molecule has 1 N–H and O–H groups in total. The zero-order chi connectivity index (χ0) is 17.1. The van der Waals surface area contributed by atoms with Crippen LogP contribution in [0.4, 0.5) is 9.93 Å². The molecule has 0 spiro atoms. The van der Waals surface area contributed by atoms with Crippen LogP contribution in [0, 0.1) is 5.92 Å². The summed E-state index contributed by atoms with van der Waals surface area (Å²) in [6, 6.07) is 0. The molecule has 3 rings (SSSR count). The number of amides is 2. The summed E-state index contributed by atoms with van der Waals surface area (Å²) in [6.07, 6.45) is 2.51. The number of hydrogen-bond donors (Lipinski definition) is 1. The van der Waals surface area contributed by atoms with Gasteiger partial charge in [0.05, 0.1) is 19.3 Å². The van der Waals surface area contributed by atoms with Gasteiger partial charge in [-0.05, 0) is 18.8 Å². The lowest BCUT2D eigenvalue weighted by atomic mass is 9.99. The normalized spacial score (nSPS) is 19.0. The van der Waals surface area contributed by atoms with Gasteiger partial charge < -0.3 is 9.64 Å². The molecular formula is C16H24N4O3S. The van der Waals surface area contributed by atoms with Crippen molar-refractivity contribution in [2.75, 3.05) is 38.6 Å². The Morgan fingerprint density at radius 1 is 1.33 bits per heavy atom. The number of nitrogens with zero attached hydrogens (tertiary/aromatic N) is 3. The highest BCUT2D eigenvalue weighted by molar-refractivity contribution is 7.15. The summed E-state index contributed by atoms with van der Waals surface area (Å²) < 4.78 is 4.59. The van der Waals surface area contributed by atoms with Crippen LogP contribution in [0.5, 0.6) is 0 Å². The smallest absolute Gasteiger partial charge is 0.413 e. The van der Waals surface area contributed by atoms with Gasteiger partial charge in [-0.1, -0.05) is 18.3 Å². The van der Waals surface area contributed by atoms with E-state index in [4.69, 9.17) is 0 Å². The Balaban J connectivity index is 1.55. The van der Waals surface area contributed by atoms with Crippen LogP contribution >= 0.6 is 11.3 Å². The van der Waals surface area contributed by atoms with Crippen LogP contribution in [0.2, 0.25) is 0 Å². The lowest BCUT2D eigenvalue weighted by Gasteiger charge is -2.33. The van der Waals surface area contributed by atoms with Crippen molar-refractivity contribution in [3.05, 3.63) is 10.6 Å². The number of carbonyl (C=O) groups is 2. The fourth-order valence-corrected chi connectivity index (χ4v) is 4.16. The largest absolute Gasteiger partial charge is 0.453 e. The maximum atomic E-state index is 12.5. The van der Waals surface area contributed by atoms with Crippen LogP contribution in [0.1, 0.15) is 30.3 Å². The van der Waals surface area contributed by atoms with E-state index in [1.54, 1.807) is 0 Å². The third kappa shape index (κ3) is 4.05. The van der Waals surface area contributed by atoms with E-state index in [2.05, 4.69) is 26.9 Å². The van der Waals surface area contributed by atoms with Crippen molar-refractivity contribution in [1.29, 1.82) is 0 Å². The first kappa shape index (κ1) is 17.2. The Morgan fingerprint density at radius 3 is 2.79 bits per heavy atom. The van der Waals surface area contributed by atoms with E-state index in [1.807, 2.05) is 4.90 Å². The Hall–Kier alpha value is -1.67. The number of piperidine rings is 1. The first-order chi connectivity index (χ1) is 11.5. The highest BCUT2D eigenvalue weighted by Gasteiger charge is 2.26. The van der Waals surface area contributed by atoms with E-state index in [1.165, 1.54) is 18.4 Å². The van der Waals surface area contributed by atoms with Gasteiger partial charge in [0.2, 0.25) is 5.91 Å². The van der Waals surface area contributed by atoms with Crippen molar-refractivity contribution in [2.24, 2.45) is 5.92 Å².